The molecule has 0 amide bonds. The third-order valence-electron chi connectivity index (χ3n) is 8.49. The van der Waals surface area contributed by atoms with Crippen LogP contribution >= 0.6 is 0 Å². The highest BCUT2D eigenvalue weighted by molar-refractivity contribution is 5.70. The Hall–Kier alpha value is -3.10. The van der Waals surface area contributed by atoms with Gasteiger partial charge in [-0.1, -0.05) is 107 Å². The van der Waals surface area contributed by atoms with E-state index in [1.54, 1.807) is 0 Å². The van der Waals surface area contributed by atoms with Gasteiger partial charge in [-0.25, -0.2) is 0 Å². The van der Waals surface area contributed by atoms with Crippen molar-refractivity contribution < 1.29 is 39.5 Å². The molecule has 8 heteroatoms. The van der Waals surface area contributed by atoms with Crippen LogP contribution in [0.3, 0.4) is 0 Å². The van der Waals surface area contributed by atoms with E-state index in [0.29, 0.717) is 37.9 Å². The van der Waals surface area contributed by atoms with E-state index >= 15 is 0 Å². The predicted octanol–water partition coefficient (Wildman–Crippen LogP) is 8.14. The summed E-state index contributed by atoms with van der Waals surface area (Å²) in [6.45, 7) is 24.6. The van der Waals surface area contributed by atoms with Crippen molar-refractivity contribution in [1.82, 2.24) is 0 Å². The number of unbranched alkanes of at least 4 members (excludes halogenated alkanes) is 2. The van der Waals surface area contributed by atoms with E-state index in [1.807, 2.05) is 65.8 Å². The first kappa shape index (κ1) is 41.1. The summed E-state index contributed by atoms with van der Waals surface area (Å²) in [6.07, 6.45) is 2.27. The number of aromatic hydroxyl groups is 2. The Morgan fingerprint density at radius 1 is 0.562 bits per heavy atom. The predicted molar refractivity (Wildman–Crippen MR) is 190 cm³/mol. The first-order valence-electron chi connectivity index (χ1n) is 17.3. The van der Waals surface area contributed by atoms with E-state index in [2.05, 4.69) is 41.5 Å². The summed E-state index contributed by atoms with van der Waals surface area (Å²) < 4.78 is 10.4. The van der Waals surface area contributed by atoms with Gasteiger partial charge in [-0.05, 0) is 87.1 Å². The van der Waals surface area contributed by atoms with Gasteiger partial charge in [-0.3, -0.25) is 9.59 Å². The second-order valence-electron chi connectivity index (χ2n) is 17.3. The van der Waals surface area contributed by atoms with E-state index in [9.17, 15) is 30.0 Å². The molecule has 0 aliphatic rings. The largest absolute Gasteiger partial charge is 0.507 e. The van der Waals surface area contributed by atoms with Gasteiger partial charge in [-0.2, -0.15) is 0 Å². The van der Waals surface area contributed by atoms with Crippen LogP contribution in [0, 0.1) is 0 Å². The Bertz CT molecular complexity index is 1340. The van der Waals surface area contributed by atoms with Crippen molar-refractivity contribution in [3.63, 3.8) is 0 Å². The third kappa shape index (κ3) is 12.4. The maximum atomic E-state index is 12.5. The normalized spacial score (nSPS) is 13.0. The van der Waals surface area contributed by atoms with Crippen molar-refractivity contribution in [2.24, 2.45) is 0 Å². The van der Waals surface area contributed by atoms with Crippen LogP contribution < -0.4 is 0 Å². The van der Waals surface area contributed by atoms with Gasteiger partial charge in [0.15, 0.2) is 0 Å². The number of carbonyl (C=O) groups is 2. The Morgan fingerprint density at radius 3 is 1.27 bits per heavy atom. The fourth-order valence-corrected chi connectivity index (χ4v) is 5.63. The molecule has 0 unspecified atom stereocenters. The first-order valence-corrected chi connectivity index (χ1v) is 17.3. The van der Waals surface area contributed by atoms with Crippen LogP contribution in [0.5, 0.6) is 11.5 Å². The van der Waals surface area contributed by atoms with Gasteiger partial charge < -0.3 is 29.9 Å². The molecular formula is C40H62O8. The molecule has 0 aliphatic heterocycles. The molecule has 2 aromatic rings. The molecule has 2 rings (SSSR count). The monoisotopic (exact) mass is 670 g/mol. The van der Waals surface area contributed by atoms with Crippen molar-refractivity contribution in [2.75, 3.05) is 6.61 Å². The minimum absolute atomic E-state index is 0.0457. The zero-order chi connectivity index (χ0) is 36.9. The van der Waals surface area contributed by atoms with Crippen LogP contribution in [0.1, 0.15) is 155 Å². The van der Waals surface area contributed by atoms with Gasteiger partial charge in [0.2, 0.25) is 0 Å². The molecule has 0 atom stereocenters. The summed E-state index contributed by atoms with van der Waals surface area (Å²) in [6, 6.07) is 7.74. The van der Waals surface area contributed by atoms with Crippen molar-refractivity contribution in [2.45, 2.75) is 162 Å². The molecule has 4 N–H and O–H groups in total. The lowest BCUT2D eigenvalue weighted by atomic mass is 9.78. The fraction of sp³-hybridized carbons (Fsp3) is 0.650. The minimum atomic E-state index is -2.59. The Morgan fingerprint density at radius 2 is 0.917 bits per heavy atom. The molecule has 0 heterocycles. The standard InChI is InChI=1S/C40H62O8/c1-36(2,3)28-22-26(23-29(34(28)43)37(4,5)6)16-18-32(41)47-21-15-13-14-20-40(45,46)48-33(42)19-17-27-24-30(38(7,8)9)35(44)31(25-27)39(10,11)12/h22-25,43-46H,13-21H2,1-12H3. The summed E-state index contributed by atoms with van der Waals surface area (Å²) in [7, 11) is 0. The average Bonchev–Trinajstić information content (AvgIpc) is 2.90. The van der Waals surface area contributed by atoms with Crippen molar-refractivity contribution >= 4 is 11.9 Å². The topological polar surface area (TPSA) is 134 Å². The molecule has 270 valence electrons. The molecule has 0 saturated heterocycles. The molecule has 0 aliphatic carbocycles. The molecule has 0 aromatic heterocycles. The summed E-state index contributed by atoms with van der Waals surface area (Å²) in [5.41, 5.74) is 4.04. The van der Waals surface area contributed by atoms with Gasteiger partial charge in [0, 0.05) is 19.3 Å². The lowest BCUT2D eigenvalue weighted by Crippen LogP contribution is -2.34. The maximum absolute atomic E-state index is 12.5. The van der Waals surface area contributed by atoms with Crippen LogP contribution in [0.4, 0.5) is 0 Å². The van der Waals surface area contributed by atoms with Gasteiger partial charge in [-0.15, -0.1) is 0 Å². The zero-order valence-electron chi connectivity index (χ0n) is 31.6. The minimum Gasteiger partial charge on any atom is -0.507 e. The quantitative estimate of drug-likeness (QED) is 0.0954. The number of hydrogen-bond acceptors (Lipinski definition) is 8. The van der Waals surface area contributed by atoms with Crippen molar-refractivity contribution in [3.05, 3.63) is 57.6 Å². The van der Waals surface area contributed by atoms with E-state index in [-0.39, 0.29) is 59.2 Å². The van der Waals surface area contributed by atoms with Gasteiger partial charge in [0.1, 0.15) is 11.5 Å². The number of phenolic OH excluding ortho intramolecular Hbond substituents is 2. The Labute approximate surface area is 288 Å². The van der Waals surface area contributed by atoms with E-state index < -0.39 is 11.9 Å². The van der Waals surface area contributed by atoms with Crippen LogP contribution in [0.2, 0.25) is 0 Å². The summed E-state index contributed by atoms with van der Waals surface area (Å²) in [5.74, 6) is -3.06. The number of aliphatic hydroxyl groups is 2. The Balaban J connectivity index is 1.81. The number of aryl methyl sites for hydroxylation is 2. The molecule has 0 fully saturated rings. The van der Waals surface area contributed by atoms with Gasteiger partial charge in [0.05, 0.1) is 6.61 Å². The highest BCUT2D eigenvalue weighted by Crippen LogP contribution is 2.41. The SMILES string of the molecule is CC(C)(C)c1cc(CCC(=O)OCCCCCC(O)(O)OC(=O)CCc2cc(C(C)(C)C)c(O)c(C(C)(C)C)c2)cc(C(C)(C)C)c1O. The van der Waals surface area contributed by atoms with Crippen LogP contribution in [0.25, 0.3) is 0 Å². The number of rotatable bonds is 13. The summed E-state index contributed by atoms with van der Waals surface area (Å²) in [5, 5.41) is 42.4. The molecule has 8 nitrogen and oxygen atoms in total. The number of carbonyl (C=O) groups excluding carboxylic acids is 2. The summed E-state index contributed by atoms with van der Waals surface area (Å²) in [4.78, 5) is 25.0. The molecule has 48 heavy (non-hydrogen) atoms. The van der Waals surface area contributed by atoms with Crippen LogP contribution in [-0.2, 0) is 53.6 Å². The second-order valence-corrected chi connectivity index (χ2v) is 17.3. The van der Waals surface area contributed by atoms with Gasteiger partial charge >= 0.3 is 17.9 Å². The second kappa shape index (κ2) is 15.6. The van der Waals surface area contributed by atoms with E-state index in [1.165, 1.54) is 0 Å². The lowest BCUT2D eigenvalue weighted by Gasteiger charge is -2.28. The Kier molecular flexibility index (Phi) is 13.4. The van der Waals surface area contributed by atoms with Crippen LogP contribution in [0.15, 0.2) is 24.3 Å². The highest BCUT2D eigenvalue weighted by atomic mass is 16.8. The number of esters is 2. The average molecular weight is 671 g/mol. The number of hydrogen-bond donors (Lipinski definition) is 4. The smallest absolute Gasteiger partial charge is 0.324 e. The van der Waals surface area contributed by atoms with Crippen molar-refractivity contribution in [1.29, 1.82) is 0 Å². The molecule has 0 saturated carbocycles. The fourth-order valence-electron chi connectivity index (χ4n) is 5.63. The maximum Gasteiger partial charge on any atom is 0.324 e. The number of benzene rings is 2. The number of ether oxygens (including phenoxy) is 2. The molecule has 0 spiro atoms. The zero-order valence-corrected chi connectivity index (χ0v) is 31.6. The van der Waals surface area contributed by atoms with E-state index in [0.717, 1.165) is 33.4 Å². The first-order chi connectivity index (χ1) is 21.7. The number of phenols is 2. The molecule has 0 bridgehead atoms. The molecular weight excluding hydrogens is 608 g/mol. The van der Waals surface area contributed by atoms with Crippen molar-refractivity contribution in [3.8, 4) is 11.5 Å². The third-order valence-corrected chi connectivity index (χ3v) is 8.49. The molecule has 2 aromatic carbocycles. The van der Waals surface area contributed by atoms with Gasteiger partial charge in [0.25, 0.3) is 0 Å². The lowest BCUT2D eigenvalue weighted by molar-refractivity contribution is -0.322. The highest BCUT2D eigenvalue weighted by Gasteiger charge is 2.30. The molecule has 0 radical (unpaired) electrons. The summed E-state index contributed by atoms with van der Waals surface area (Å²) >= 11 is 0. The van der Waals surface area contributed by atoms with Crippen LogP contribution in [-0.4, -0.2) is 44.9 Å². The van der Waals surface area contributed by atoms with E-state index in [4.69, 9.17) is 9.47 Å².